The smallest absolute Gasteiger partial charge is 0.331 e. The number of nitrogens with one attached hydrogen (secondary N) is 2. The van der Waals surface area contributed by atoms with Gasteiger partial charge in [-0.25, -0.2) is 14.0 Å². The van der Waals surface area contributed by atoms with Crippen molar-refractivity contribution in [2.24, 2.45) is 11.5 Å². The van der Waals surface area contributed by atoms with Gasteiger partial charge in [-0.2, -0.15) is 0 Å². The van der Waals surface area contributed by atoms with Crippen molar-refractivity contribution in [3.05, 3.63) is 64.6 Å². The highest BCUT2D eigenvalue weighted by molar-refractivity contribution is 7.87. The summed E-state index contributed by atoms with van der Waals surface area (Å²) in [5, 5.41) is 2.86. The molecule has 1 aromatic carbocycles. The summed E-state index contributed by atoms with van der Waals surface area (Å²) in [4.78, 5) is 18.6. The van der Waals surface area contributed by atoms with Crippen LogP contribution < -0.4 is 26.2 Å². The van der Waals surface area contributed by atoms with E-state index < -0.39 is 17.0 Å². The maximum Gasteiger partial charge on any atom is 0.331 e. The van der Waals surface area contributed by atoms with Crippen molar-refractivity contribution in [1.29, 1.82) is 0 Å². The molecule has 0 radical (unpaired) electrons. The van der Waals surface area contributed by atoms with E-state index in [4.69, 9.17) is 16.2 Å². The van der Waals surface area contributed by atoms with Gasteiger partial charge in [-0.1, -0.05) is 12.1 Å². The molecule has 1 heterocycles. The molecule has 0 bridgehead atoms. The minimum absolute atomic E-state index is 0.0251. The van der Waals surface area contributed by atoms with Gasteiger partial charge in [0.1, 0.15) is 5.03 Å². The summed E-state index contributed by atoms with van der Waals surface area (Å²) in [7, 11) is 3.16. The van der Waals surface area contributed by atoms with Gasteiger partial charge in [0.05, 0.1) is 18.5 Å². The Kier molecular flexibility index (Phi) is 7.37. The van der Waals surface area contributed by atoms with Gasteiger partial charge in [0.25, 0.3) is 0 Å². The molecule has 1 aliphatic rings. The molecule has 0 saturated heterocycles. The molecule has 0 spiro atoms. The second-order valence-electron chi connectivity index (χ2n) is 7.42. The number of ether oxygens (including phenoxy) is 1. The first-order valence-corrected chi connectivity index (χ1v) is 11.2. The fraction of sp³-hybridized carbons (Fsp3) is 0.273. The van der Waals surface area contributed by atoms with E-state index in [1.54, 1.807) is 38.4 Å². The number of fused-ring (bicyclic) bond motifs is 1. The molecule has 170 valence electrons. The molecule has 6 N–H and O–H groups in total. The number of aromatic nitrogens is 1. The number of aryl methyl sites for hydroxylation is 1. The maximum absolute atomic E-state index is 12.7. The van der Waals surface area contributed by atoms with Crippen LogP contribution in [0.5, 0.6) is 5.88 Å². The molecule has 1 aromatic heterocycles. The first-order chi connectivity index (χ1) is 15.3. The van der Waals surface area contributed by atoms with Crippen molar-refractivity contribution >= 4 is 22.7 Å². The predicted octanol–water partition coefficient (Wildman–Crippen LogP) is 2.19. The standard InChI is InChI=1S/C22H28N6O3S/c1-28(2)16(13-23)12-19(24)32(30)27-22(29)26-21-17-6-4-5-14(17)7-8-18(21)15-9-10-25-20(11-15)31-3/h7-13H,4-6,23-24H2,1-3H3,(H2,26,27,29)/b16-13+,19-12+. The molecule has 2 amide bonds. The summed E-state index contributed by atoms with van der Waals surface area (Å²) >= 11 is 0. The molecule has 3 rings (SSSR count). The number of carbonyl (C=O) groups excluding carboxylic acids is 1. The zero-order valence-electron chi connectivity index (χ0n) is 18.3. The topological polar surface area (TPSA) is 136 Å². The number of hydrogen-bond donors (Lipinski definition) is 4. The number of amides is 2. The summed E-state index contributed by atoms with van der Waals surface area (Å²) < 4.78 is 20.2. The van der Waals surface area contributed by atoms with Gasteiger partial charge in [0, 0.05) is 38.1 Å². The highest BCUT2D eigenvalue weighted by Gasteiger charge is 2.21. The second kappa shape index (κ2) is 10.2. The van der Waals surface area contributed by atoms with Gasteiger partial charge in [0.15, 0.2) is 11.0 Å². The molecule has 1 aliphatic carbocycles. The zero-order chi connectivity index (χ0) is 23.3. The number of benzene rings is 1. The van der Waals surface area contributed by atoms with Gasteiger partial charge < -0.3 is 26.4 Å². The van der Waals surface area contributed by atoms with Crippen LogP contribution in [0.3, 0.4) is 0 Å². The normalized spacial score (nSPS) is 14.5. The number of allylic oxidation sites excluding steroid dienone is 1. The molecular weight excluding hydrogens is 428 g/mol. The fourth-order valence-corrected chi connectivity index (χ4v) is 4.11. The number of likely N-dealkylation sites (N-methyl/N-ethyl adjacent to an activating group) is 1. The lowest BCUT2D eigenvalue weighted by atomic mass is 9.98. The Morgan fingerprint density at radius 3 is 2.75 bits per heavy atom. The quantitative estimate of drug-likeness (QED) is 0.469. The number of rotatable bonds is 7. The lowest BCUT2D eigenvalue weighted by Gasteiger charge is -2.17. The van der Waals surface area contributed by atoms with Gasteiger partial charge in [-0.3, -0.25) is 4.72 Å². The molecule has 1 unspecified atom stereocenters. The Balaban J connectivity index is 1.86. The van der Waals surface area contributed by atoms with E-state index >= 15 is 0 Å². The third kappa shape index (κ3) is 5.20. The van der Waals surface area contributed by atoms with Crippen molar-refractivity contribution in [2.45, 2.75) is 19.3 Å². The Bertz CT molecular complexity index is 1100. The highest BCUT2D eigenvalue weighted by Crippen LogP contribution is 2.38. The van der Waals surface area contributed by atoms with Crippen molar-refractivity contribution in [3.8, 4) is 17.0 Å². The molecule has 0 aliphatic heterocycles. The number of pyridine rings is 1. The van der Waals surface area contributed by atoms with Gasteiger partial charge in [0.2, 0.25) is 5.88 Å². The van der Waals surface area contributed by atoms with Crippen LogP contribution in [-0.2, 0) is 23.8 Å². The van der Waals surface area contributed by atoms with Gasteiger partial charge >= 0.3 is 6.03 Å². The SMILES string of the molecule is COc1cc(-c2ccc3c(c2NC(=O)NS(=O)/C(N)=C/C(=C\N)N(C)C)CCC3)ccn1. The van der Waals surface area contributed by atoms with Crippen LogP contribution in [0.25, 0.3) is 11.1 Å². The molecule has 0 fully saturated rings. The van der Waals surface area contributed by atoms with Crippen LogP contribution in [0.4, 0.5) is 10.5 Å². The number of methoxy groups -OCH3 is 1. The minimum atomic E-state index is -1.94. The van der Waals surface area contributed by atoms with Gasteiger partial charge in [-0.05, 0) is 48.1 Å². The largest absolute Gasteiger partial charge is 0.481 e. The molecule has 1 atom stereocenters. The van der Waals surface area contributed by atoms with Crippen LogP contribution in [0, 0.1) is 0 Å². The van der Waals surface area contributed by atoms with Crippen LogP contribution in [0.1, 0.15) is 17.5 Å². The van der Waals surface area contributed by atoms with Crippen LogP contribution >= 0.6 is 0 Å². The lowest BCUT2D eigenvalue weighted by Crippen LogP contribution is -2.33. The number of anilines is 1. The zero-order valence-corrected chi connectivity index (χ0v) is 19.2. The monoisotopic (exact) mass is 456 g/mol. The Labute approximate surface area is 190 Å². The molecule has 2 aromatic rings. The number of hydrogen-bond acceptors (Lipinski definition) is 7. The van der Waals surface area contributed by atoms with E-state index in [-0.39, 0.29) is 5.03 Å². The van der Waals surface area contributed by atoms with E-state index in [0.29, 0.717) is 17.3 Å². The Hall–Kier alpha value is -3.53. The summed E-state index contributed by atoms with van der Waals surface area (Å²) in [5.41, 5.74) is 16.6. The van der Waals surface area contributed by atoms with Crippen molar-refractivity contribution < 1.29 is 13.7 Å². The van der Waals surface area contributed by atoms with E-state index in [1.165, 1.54) is 17.8 Å². The Morgan fingerprint density at radius 2 is 2.06 bits per heavy atom. The third-order valence-electron chi connectivity index (χ3n) is 5.15. The molecule has 9 nitrogen and oxygen atoms in total. The summed E-state index contributed by atoms with van der Waals surface area (Å²) in [6, 6.07) is 7.08. The van der Waals surface area contributed by atoms with E-state index in [2.05, 4.69) is 21.1 Å². The van der Waals surface area contributed by atoms with E-state index in [1.807, 2.05) is 12.1 Å². The van der Waals surface area contributed by atoms with Crippen LogP contribution in [0.15, 0.2) is 53.5 Å². The molecule has 10 heteroatoms. The summed E-state index contributed by atoms with van der Waals surface area (Å²) in [5.74, 6) is 0.474. The number of carbonyl (C=O) groups is 1. The maximum atomic E-state index is 12.7. The van der Waals surface area contributed by atoms with Crippen molar-refractivity contribution in [3.63, 3.8) is 0 Å². The third-order valence-corrected chi connectivity index (χ3v) is 6.07. The lowest BCUT2D eigenvalue weighted by molar-refractivity contribution is 0.257. The summed E-state index contributed by atoms with van der Waals surface area (Å²) in [6.07, 6.45) is 7.25. The Morgan fingerprint density at radius 1 is 1.28 bits per heavy atom. The van der Waals surface area contributed by atoms with Crippen LogP contribution in [0.2, 0.25) is 0 Å². The summed E-state index contributed by atoms with van der Waals surface area (Å²) in [6.45, 7) is 0. The first-order valence-electron chi connectivity index (χ1n) is 10.0. The van der Waals surface area contributed by atoms with Crippen LogP contribution in [-0.4, -0.2) is 41.3 Å². The first kappa shape index (κ1) is 23.1. The average Bonchev–Trinajstić information content (AvgIpc) is 3.26. The second-order valence-corrected chi connectivity index (χ2v) is 8.64. The fourth-order valence-electron chi connectivity index (χ4n) is 3.55. The molecular formula is C22H28N6O3S. The highest BCUT2D eigenvalue weighted by atomic mass is 32.2. The molecule has 32 heavy (non-hydrogen) atoms. The number of urea groups is 1. The number of nitrogens with zero attached hydrogens (tertiary/aromatic N) is 2. The molecule has 0 saturated carbocycles. The number of nitrogens with two attached hydrogens (primary N) is 2. The minimum Gasteiger partial charge on any atom is -0.481 e. The van der Waals surface area contributed by atoms with Crippen molar-refractivity contribution in [1.82, 2.24) is 14.6 Å². The van der Waals surface area contributed by atoms with Crippen molar-refractivity contribution in [2.75, 3.05) is 26.5 Å². The van der Waals surface area contributed by atoms with E-state index in [0.717, 1.165) is 36.0 Å². The van der Waals surface area contributed by atoms with Gasteiger partial charge in [-0.15, -0.1) is 0 Å². The van der Waals surface area contributed by atoms with E-state index in [9.17, 15) is 9.00 Å². The predicted molar refractivity (Wildman–Crippen MR) is 127 cm³/mol. The average molecular weight is 457 g/mol.